The Balaban J connectivity index is 1.75. The summed E-state index contributed by atoms with van der Waals surface area (Å²) in [6.45, 7) is 0.532. The first-order chi connectivity index (χ1) is 9.19. The lowest BCUT2D eigenvalue weighted by Crippen LogP contribution is -2.30. The van der Waals surface area contributed by atoms with Crippen molar-refractivity contribution in [2.75, 3.05) is 13.7 Å². The molecule has 1 heterocycles. The quantitative estimate of drug-likeness (QED) is 0.786. The van der Waals surface area contributed by atoms with E-state index in [-0.39, 0.29) is 12.6 Å². The minimum atomic E-state index is -0.767. The zero-order chi connectivity index (χ0) is 13.7. The molecule has 1 saturated heterocycles. The van der Waals surface area contributed by atoms with Crippen molar-refractivity contribution in [2.45, 2.75) is 31.7 Å². The van der Waals surface area contributed by atoms with Crippen molar-refractivity contribution in [3.63, 3.8) is 0 Å². The first-order valence-electron chi connectivity index (χ1n) is 6.27. The Kier molecular flexibility index (Phi) is 4.76. The van der Waals surface area contributed by atoms with Crippen LogP contribution in [0.1, 0.15) is 18.4 Å². The highest BCUT2D eigenvalue weighted by atomic mass is 16.6. The molecule has 0 spiro atoms. The number of benzene rings is 1. The van der Waals surface area contributed by atoms with E-state index in [4.69, 9.17) is 14.2 Å². The predicted molar refractivity (Wildman–Crippen MR) is 67.8 cm³/mol. The van der Waals surface area contributed by atoms with Crippen LogP contribution < -0.4 is 4.74 Å². The van der Waals surface area contributed by atoms with Gasteiger partial charge in [0.05, 0.1) is 20.3 Å². The minimum Gasteiger partial charge on any atom is -0.497 e. The van der Waals surface area contributed by atoms with Crippen LogP contribution in [0, 0.1) is 0 Å². The minimum absolute atomic E-state index is 0.148. The van der Waals surface area contributed by atoms with Gasteiger partial charge in [-0.2, -0.15) is 0 Å². The summed E-state index contributed by atoms with van der Waals surface area (Å²) in [5, 5.41) is 9.82. The first-order valence-corrected chi connectivity index (χ1v) is 6.27. The molecule has 0 saturated carbocycles. The van der Waals surface area contributed by atoms with Gasteiger partial charge >= 0.3 is 5.97 Å². The molecular formula is C14H18O5. The van der Waals surface area contributed by atoms with Gasteiger partial charge in [-0.3, -0.25) is 4.79 Å². The van der Waals surface area contributed by atoms with Crippen molar-refractivity contribution in [3.05, 3.63) is 29.8 Å². The number of hydrogen-bond acceptors (Lipinski definition) is 5. The number of carbonyl (C=O) groups is 1. The fourth-order valence-corrected chi connectivity index (χ4v) is 1.98. The lowest BCUT2D eigenvalue weighted by Gasteiger charge is -2.17. The highest BCUT2D eigenvalue weighted by molar-refractivity contribution is 5.71. The molecule has 1 aromatic rings. The molecule has 0 amide bonds. The fraction of sp³-hybridized carbons (Fsp3) is 0.500. The van der Waals surface area contributed by atoms with Crippen LogP contribution in [0.15, 0.2) is 24.3 Å². The van der Waals surface area contributed by atoms with Crippen LogP contribution in [0.25, 0.3) is 0 Å². The molecule has 5 heteroatoms. The van der Waals surface area contributed by atoms with Gasteiger partial charge in [0.25, 0.3) is 0 Å². The van der Waals surface area contributed by atoms with Crippen LogP contribution >= 0.6 is 0 Å². The maximum absolute atomic E-state index is 10.9. The number of methoxy groups -OCH3 is 1. The topological polar surface area (TPSA) is 65.0 Å². The number of cyclic esters (lactones) is 1. The van der Waals surface area contributed by atoms with Crippen molar-refractivity contribution in [3.8, 4) is 5.75 Å². The normalized spacial score (nSPS) is 20.1. The van der Waals surface area contributed by atoms with E-state index >= 15 is 0 Å². The van der Waals surface area contributed by atoms with Crippen molar-refractivity contribution < 1.29 is 24.1 Å². The molecule has 1 fully saturated rings. The summed E-state index contributed by atoms with van der Waals surface area (Å²) in [6, 6.07) is 7.54. The monoisotopic (exact) mass is 266 g/mol. The summed E-state index contributed by atoms with van der Waals surface area (Å²) in [4.78, 5) is 10.9. The summed E-state index contributed by atoms with van der Waals surface area (Å²) in [5.74, 6) is 0.517. The van der Waals surface area contributed by atoms with Crippen LogP contribution in [-0.4, -0.2) is 37.0 Å². The van der Waals surface area contributed by atoms with Crippen molar-refractivity contribution in [1.29, 1.82) is 0 Å². The molecule has 5 nitrogen and oxygen atoms in total. The predicted octanol–water partition coefficient (Wildman–Crippen LogP) is 1.28. The Bertz CT molecular complexity index is 432. The molecule has 0 bridgehead atoms. The molecule has 104 valence electrons. The largest absolute Gasteiger partial charge is 0.497 e. The zero-order valence-electron chi connectivity index (χ0n) is 10.9. The highest BCUT2D eigenvalue weighted by Gasteiger charge is 2.29. The molecule has 0 radical (unpaired) electrons. The fourth-order valence-electron chi connectivity index (χ4n) is 1.98. The van der Waals surface area contributed by atoms with Gasteiger partial charge in [0.15, 0.2) is 0 Å². The van der Waals surface area contributed by atoms with E-state index in [1.165, 1.54) is 0 Å². The average Bonchev–Trinajstić information content (AvgIpc) is 2.86. The number of rotatable bonds is 6. The number of aliphatic hydroxyl groups is 1. The Morgan fingerprint density at radius 3 is 3.05 bits per heavy atom. The number of aliphatic hydroxyl groups excluding tert-OH is 1. The lowest BCUT2D eigenvalue weighted by atomic mass is 10.1. The lowest BCUT2D eigenvalue weighted by molar-refractivity contribution is -0.147. The molecule has 2 atom stereocenters. The summed E-state index contributed by atoms with van der Waals surface area (Å²) in [6.07, 6.45) is -0.269. The molecule has 0 aliphatic carbocycles. The van der Waals surface area contributed by atoms with Gasteiger partial charge in [-0.15, -0.1) is 0 Å². The van der Waals surface area contributed by atoms with Crippen LogP contribution in [0.4, 0.5) is 0 Å². The second kappa shape index (κ2) is 6.54. The Morgan fingerprint density at radius 1 is 1.53 bits per heavy atom. The average molecular weight is 266 g/mol. The van der Waals surface area contributed by atoms with E-state index in [0.29, 0.717) is 19.4 Å². The molecule has 1 aromatic carbocycles. The maximum Gasteiger partial charge on any atom is 0.306 e. The maximum atomic E-state index is 10.9. The summed E-state index contributed by atoms with van der Waals surface area (Å²) in [5.41, 5.74) is 0.968. The standard InChI is InChI=1S/C14H18O5/c1-17-11-4-2-3-10(7-11)8-18-9-12(15)13-5-6-14(16)19-13/h2-4,7,12-13,15H,5-6,8-9H2,1H3/t12-,13+/m1/s1. The van der Waals surface area contributed by atoms with E-state index < -0.39 is 12.2 Å². The van der Waals surface area contributed by atoms with Gasteiger partial charge in [0.1, 0.15) is 18.0 Å². The van der Waals surface area contributed by atoms with Gasteiger partial charge in [0.2, 0.25) is 0 Å². The van der Waals surface area contributed by atoms with E-state index in [9.17, 15) is 9.90 Å². The third-order valence-corrected chi connectivity index (χ3v) is 3.04. The van der Waals surface area contributed by atoms with Crippen LogP contribution in [0.3, 0.4) is 0 Å². The van der Waals surface area contributed by atoms with Crippen LogP contribution in [0.5, 0.6) is 5.75 Å². The number of esters is 1. The van der Waals surface area contributed by atoms with Gasteiger partial charge in [-0.05, 0) is 24.1 Å². The van der Waals surface area contributed by atoms with Crippen LogP contribution in [-0.2, 0) is 20.9 Å². The Morgan fingerprint density at radius 2 is 2.37 bits per heavy atom. The second-order valence-electron chi connectivity index (χ2n) is 4.50. The van der Waals surface area contributed by atoms with Crippen molar-refractivity contribution in [2.24, 2.45) is 0 Å². The molecule has 0 unspecified atom stereocenters. The third kappa shape index (κ3) is 3.94. The molecule has 1 aliphatic rings. The molecular weight excluding hydrogens is 248 g/mol. The molecule has 2 rings (SSSR count). The first kappa shape index (κ1) is 13.8. The van der Waals surface area contributed by atoms with E-state index in [1.807, 2.05) is 24.3 Å². The van der Waals surface area contributed by atoms with Gasteiger partial charge in [0, 0.05) is 6.42 Å². The summed E-state index contributed by atoms with van der Waals surface area (Å²) in [7, 11) is 1.61. The third-order valence-electron chi connectivity index (χ3n) is 3.04. The van der Waals surface area contributed by atoms with Crippen molar-refractivity contribution >= 4 is 5.97 Å². The zero-order valence-corrected chi connectivity index (χ0v) is 10.9. The summed E-state index contributed by atoms with van der Waals surface area (Å²) < 4.78 is 15.5. The molecule has 1 aliphatic heterocycles. The Hall–Kier alpha value is -1.59. The highest BCUT2D eigenvalue weighted by Crippen LogP contribution is 2.18. The van der Waals surface area contributed by atoms with Gasteiger partial charge in [-0.25, -0.2) is 0 Å². The van der Waals surface area contributed by atoms with Gasteiger partial charge < -0.3 is 19.3 Å². The SMILES string of the molecule is COc1cccc(COC[C@@H](O)[C@@H]2CCC(=O)O2)c1. The second-order valence-corrected chi connectivity index (χ2v) is 4.50. The molecule has 1 N–H and O–H groups in total. The van der Waals surface area contributed by atoms with E-state index in [1.54, 1.807) is 7.11 Å². The van der Waals surface area contributed by atoms with Crippen molar-refractivity contribution in [1.82, 2.24) is 0 Å². The number of ether oxygens (including phenoxy) is 3. The summed E-state index contributed by atoms with van der Waals surface area (Å²) >= 11 is 0. The smallest absolute Gasteiger partial charge is 0.306 e. The van der Waals surface area contributed by atoms with E-state index in [2.05, 4.69) is 0 Å². The molecule has 0 aromatic heterocycles. The number of hydrogen-bond donors (Lipinski definition) is 1. The number of carbonyl (C=O) groups excluding carboxylic acids is 1. The van der Waals surface area contributed by atoms with Gasteiger partial charge in [-0.1, -0.05) is 12.1 Å². The van der Waals surface area contributed by atoms with Crippen LogP contribution in [0.2, 0.25) is 0 Å². The van der Waals surface area contributed by atoms with E-state index in [0.717, 1.165) is 11.3 Å². The Labute approximate surface area is 112 Å². The molecule has 19 heavy (non-hydrogen) atoms.